The van der Waals surface area contributed by atoms with E-state index in [-0.39, 0.29) is 6.61 Å². The smallest absolute Gasteiger partial charge is 0.349 e. The van der Waals surface area contributed by atoms with Crippen LogP contribution in [0.4, 0.5) is 0 Å². The van der Waals surface area contributed by atoms with E-state index in [4.69, 9.17) is 14.7 Å². The first kappa shape index (κ1) is 15.1. The van der Waals surface area contributed by atoms with Crippen molar-refractivity contribution >= 4 is 21.9 Å². The number of nitrogens with zero attached hydrogens (tertiary/aromatic N) is 1. The molecular formula is C16H12BrNO3. The van der Waals surface area contributed by atoms with Crippen molar-refractivity contribution in [3.8, 4) is 17.6 Å². The van der Waals surface area contributed by atoms with Crippen LogP contribution < -0.4 is 9.47 Å². The molecule has 0 saturated carbocycles. The van der Waals surface area contributed by atoms with Gasteiger partial charge in [-0.3, -0.25) is 0 Å². The molecule has 0 aromatic heterocycles. The van der Waals surface area contributed by atoms with Crippen LogP contribution >= 0.6 is 15.9 Å². The summed E-state index contributed by atoms with van der Waals surface area (Å²) in [6, 6.07) is 16.0. The molecule has 2 aromatic rings. The average Bonchev–Trinajstić information content (AvgIpc) is 2.49. The lowest BCUT2D eigenvalue weighted by atomic mass is 10.2. The highest BCUT2D eigenvalue weighted by atomic mass is 79.9. The van der Waals surface area contributed by atoms with Crippen molar-refractivity contribution in [1.29, 1.82) is 5.26 Å². The average molecular weight is 346 g/mol. The lowest BCUT2D eigenvalue weighted by molar-refractivity contribution is -0.136. The van der Waals surface area contributed by atoms with E-state index in [1.807, 2.05) is 12.1 Å². The maximum absolute atomic E-state index is 11.7. The summed E-state index contributed by atoms with van der Waals surface area (Å²) in [5.41, 5.74) is 0.878. The quantitative estimate of drug-likeness (QED) is 0.614. The van der Waals surface area contributed by atoms with Crippen molar-refractivity contribution in [1.82, 2.24) is 0 Å². The molecule has 106 valence electrons. The first-order chi connectivity index (χ1) is 10.2. The summed E-state index contributed by atoms with van der Waals surface area (Å²) < 4.78 is 11.4. The lowest BCUT2D eigenvalue weighted by Crippen LogP contribution is -2.17. The number of carbonyl (C=O) groups excluding carboxylic acids is 1. The second kappa shape index (κ2) is 7.46. The molecule has 21 heavy (non-hydrogen) atoms. The van der Waals surface area contributed by atoms with Gasteiger partial charge in [-0.1, -0.05) is 28.1 Å². The first-order valence-corrected chi connectivity index (χ1v) is 7.01. The molecule has 0 aliphatic carbocycles. The van der Waals surface area contributed by atoms with Crippen LogP contribution in [0.3, 0.4) is 0 Å². The van der Waals surface area contributed by atoms with E-state index in [0.717, 1.165) is 10.0 Å². The van der Waals surface area contributed by atoms with Crippen molar-refractivity contribution in [2.24, 2.45) is 0 Å². The van der Waals surface area contributed by atoms with Crippen LogP contribution in [0.25, 0.3) is 0 Å². The Balaban J connectivity index is 1.84. The number of benzene rings is 2. The van der Waals surface area contributed by atoms with Crippen molar-refractivity contribution < 1.29 is 14.3 Å². The Labute approximate surface area is 131 Å². The summed E-state index contributed by atoms with van der Waals surface area (Å²) in [6.07, 6.45) is 0.334. The lowest BCUT2D eigenvalue weighted by Gasteiger charge is -2.07. The maximum Gasteiger partial charge on any atom is 0.349 e. The zero-order chi connectivity index (χ0) is 15.1. The second-order valence-corrected chi connectivity index (χ2v) is 5.11. The minimum atomic E-state index is -0.481. The number of rotatable bonds is 5. The number of halogens is 1. The Morgan fingerprint density at radius 3 is 2.29 bits per heavy atom. The van der Waals surface area contributed by atoms with Crippen LogP contribution in [0.1, 0.15) is 5.56 Å². The molecule has 0 radical (unpaired) electrons. The molecule has 0 spiro atoms. The number of ether oxygens (including phenoxy) is 2. The van der Waals surface area contributed by atoms with Gasteiger partial charge in [0.1, 0.15) is 11.5 Å². The van der Waals surface area contributed by atoms with Crippen molar-refractivity contribution in [2.75, 3.05) is 6.61 Å². The fraction of sp³-hybridized carbons (Fsp3) is 0.125. The Bertz CT molecular complexity index is 645. The van der Waals surface area contributed by atoms with Crippen molar-refractivity contribution in [3.63, 3.8) is 0 Å². The summed E-state index contributed by atoms with van der Waals surface area (Å²) in [7, 11) is 0. The fourth-order valence-electron chi connectivity index (χ4n) is 1.60. The molecule has 0 aliphatic heterocycles. The van der Waals surface area contributed by atoms with Gasteiger partial charge in [0.05, 0.1) is 12.5 Å². The summed E-state index contributed by atoms with van der Waals surface area (Å²) in [5.74, 6) is 0.548. The molecule has 5 heteroatoms. The summed E-state index contributed by atoms with van der Waals surface area (Å²) in [4.78, 5) is 11.7. The third kappa shape index (κ3) is 4.93. The molecule has 2 rings (SSSR count). The van der Waals surface area contributed by atoms with Gasteiger partial charge in [0.25, 0.3) is 0 Å². The highest BCUT2D eigenvalue weighted by Crippen LogP contribution is 2.16. The minimum absolute atomic E-state index is 0.165. The van der Waals surface area contributed by atoms with Gasteiger partial charge in [0.2, 0.25) is 0 Å². The van der Waals surface area contributed by atoms with Crippen LogP contribution in [-0.4, -0.2) is 12.6 Å². The molecule has 0 fully saturated rings. The first-order valence-electron chi connectivity index (χ1n) is 6.22. The monoisotopic (exact) mass is 345 g/mol. The molecule has 0 aliphatic rings. The van der Waals surface area contributed by atoms with Crippen LogP contribution in [0.5, 0.6) is 11.5 Å². The molecule has 0 unspecified atom stereocenters. The van der Waals surface area contributed by atoms with Gasteiger partial charge >= 0.3 is 5.97 Å². The predicted octanol–water partition coefficient (Wildman–Crippen LogP) is 3.50. The standard InChI is InChI=1S/C16H12BrNO3/c17-13-3-7-14(8-4-13)20-11-16(19)21-15-5-1-12(2-6-15)9-10-18/h1-8H,9,11H2. The molecule has 2 aromatic carbocycles. The zero-order valence-corrected chi connectivity index (χ0v) is 12.7. The van der Waals surface area contributed by atoms with E-state index in [2.05, 4.69) is 22.0 Å². The summed E-state index contributed by atoms with van der Waals surface area (Å²) >= 11 is 3.32. The Hall–Kier alpha value is -2.32. The predicted molar refractivity (Wildman–Crippen MR) is 81.0 cm³/mol. The molecule has 4 nitrogen and oxygen atoms in total. The van der Waals surface area contributed by atoms with Crippen LogP contribution in [0.15, 0.2) is 53.0 Å². The third-order valence-corrected chi connectivity index (χ3v) is 3.14. The Kier molecular flexibility index (Phi) is 5.35. The highest BCUT2D eigenvalue weighted by molar-refractivity contribution is 9.10. The Morgan fingerprint density at radius 1 is 1.05 bits per heavy atom. The zero-order valence-electron chi connectivity index (χ0n) is 11.1. The molecule has 0 N–H and O–H groups in total. The topological polar surface area (TPSA) is 59.3 Å². The van der Waals surface area contributed by atoms with Crippen LogP contribution in [0, 0.1) is 11.3 Å². The van der Waals surface area contributed by atoms with Gasteiger partial charge in [0, 0.05) is 4.47 Å². The van der Waals surface area contributed by atoms with Gasteiger partial charge in [0.15, 0.2) is 6.61 Å². The molecule has 0 bridgehead atoms. The second-order valence-electron chi connectivity index (χ2n) is 4.20. The van der Waals surface area contributed by atoms with Gasteiger partial charge in [-0.05, 0) is 42.0 Å². The number of carbonyl (C=O) groups is 1. The Morgan fingerprint density at radius 2 is 1.67 bits per heavy atom. The number of hydrogen-bond donors (Lipinski definition) is 0. The van der Waals surface area contributed by atoms with E-state index in [9.17, 15) is 4.79 Å². The molecular weight excluding hydrogens is 334 g/mol. The summed E-state index contributed by atoms with van der Waals surface area (Å²) in [6.45, 7) is -0.165. The van der Waals surface area contributed by atoms with Gasteiger partial charge < -0.3 is 9.47 Å². The van der Waals surface area contributed by atoms with E-state index < -0.39 is 5.97 Å². The third-order valence-electron chi connectivity index (χ3n) is 2.61. The fourth-order valence-corrected chi connectivity index (χ4v) is 1.86. The van der Waals surface area contributed by atoms with Gasteiger partial charge in [-0.15, -0.1) is 0 Å². The highest BCUT2D eigenvalue weighted by Gasteiger charge is 2.06. The van der Waals surface area contributed by atoms with E-state index in [1.165, 1.54) is 0 Å². The van der Waals surface area contributed by atoms with Crippen LogP contribution in [-0.2, 0) is 11.2 Å². The maximum atomic E-state index is 11.7. The largest absolute Gasteiger partial charge is 0.482 e. The normalized spacial score (nSPS) is 9.71. The molecule has 0 saturated heterocycles. The van der Waals surface area contributed by atoms with E-state index >= 15 is 0 Å². The van der Waals surface area contributed by atoms with Crippen LogP contribution in [0.2, 0.25) is 0 Å². The molecule has 0 amide bonds. The van der Waals surface area contributed by atoms with Gasteiger partial charge in [-0.2, -0.15) is 5.26 Å². The number of nitriles is 1. The van der Waals surface area contributed by atoms with E-state index in [0.29, 0.717) is 17.9 Å². The minimum Gasteiger partial charge on any atom is -0.482 e. The molecule has 0 heterocycles. The summed E-state index contributed by atoms with van der Waals surface area (Å²) in [5, 5.41) is 8.57. The van der Waals surface area contributed by atoms with Gasteiger partial charge in [-0.25, -0.2) is 4.79 Å². The molecule has 0 atom stereocenters. The SMILES string of the molecule is N#CCc1ccc(OC(=O)COc2ccc(Br)cc2)cc1. The van der Waals surface area contributed by atoms with Crippen molar-refractivity contribution in [2.45, 2.75) is 6.42 Å². The number of hydrogen-bond acceptors (Lipinski definition) is 4. The van der Waals surface area contributed by atoms with Crippen molar-refractivity contribution in [3.05, 3.63) is 58.6 Å². The van der Waals surface area contributed by atoms with E-state index in [1.54, 1.807) is 36.4 Å². The number of esters is 1.